The van der Waals surface area contributed by atoms with Gasteiger partial charge in [-0.25, -0.2) is 15.6 Å². The first-order valence-corrected chi connectivity index (χ1v) is 11.0. The van der Waals surface area contributed by atoms with Crippen LogP contribution in [-0.2, 0) is 9.59 Å². The molecule has 2 aromatic heterocycles. The number of nitrogens with two attached hydrogens (primary N) is 1. The number of hydrazine groups is 1. The molecule has 2 aromatic carbocycles. The Kier molecular flexibility index (Phi) is 7.37. The zero-order chi connectivity index (χ0) is 26.4. The van der Waals surface area contributed by atoms with Gasteiger partial charge in [0.05, 0.1) is 23.2 Å². The van der Waals surface area contributed by atoms with E-state index in [2.05, 4.69) is 32.6 Å². The number of aromatic nitrogens is 2. The molecule has 37 heavy (non-hydrogen) atoms. The summed E-state index contributed by atoms with van der Waals surface area (Å²) < 4.78 is 0. The van der Waals surface area contributed by atoms with E-state index in [-0.39, 0.29) is 0 Å². The Morgan fingerprint density at radius 3 is 2.19 bits per heavy atom. The molecule has 0 saturated heterocycles. The molecule has 10 heteroatoms. The molecule has 2 heterocycles. The van der Waals surface area contributed by atoms with Crippen molar-refractivity contribution in [2.75, 3.05) is 5.32 Å². The van der Waals surface area contributed by atoms with Crippen LogP contribution in [-0.4, -0.2) is 44.1 Å². The van der Waals surface area contributed by atoms with Gasteiger partial charge in [0.15, 0.2) is 0 Å². The van der Waals surface area contributed by atoms with E-state index in [0.717, 1.165) is 11.1 Å². The predicted octanol–water partition coefficient (Wildman–Crippen LogP) is 2.64. The number of carboxylic acid groups (broad SMARTS) is 2. The number of aliphatic carboxylic acids is 2. The molecule has 0 bridgehead atoms. The fourth-order valence-corrected chi connectivity index (χ4v) is 3.58. The maximum atomic E-state index is 12.3. The van der Waals surface area contributed by atoms with Crippen molar-refractivity contribution in [2.45, 2.75) is 12.5 Å². The molecule has 1 atom stereocenters. The lowest BCUT2D eigenvalue weighted by atomic mass is 10.0. The van der Waals surface area contributed by atoms with Crippen molar-refractivity contribution in [3.05, 3.63) is 89.7 Å². The van der Waals surface area contributed by atoms with Gasteiger partial charge < -0.3 is 15.5 Å². The normalized spacial score (nSPS) is 11.2. The van der Waals surface area contributed by atoms with Gasteiger partial charge in [-0.15, -0.1) is 0 Å². The second kappa shape index (κ2) is 11.0. The third-order valence-corrected chi connectivity index (χ3v) is 5.42. The molecule has 184 valence electrons. The Morgan fingerprint density at radius 1 is 0.946 bits per heavy atom. The van der Waals surface area contributed by atoms with Crippen LogP contribution >= 0.6 is 0 Å². The molecule has 0 aliphatic heterocycles. The van der Waals surface area contributed by atoms with E-state index in [1.54, 1.807) is 48.8 Å². The van der Waals surface area contributed by atoms with Gasteiger partial charge in [0.2, 0.25) is 0 Å². The van der Waals surface area contributed by atoms with E-state index in [1.165, 1.54) is 0 Å². The number of nitrogens with one attached hydrogen (secondary N) is 2. The minimum atomic E-state index is -1.25. The average Bonchev–Trinajstić information content (AvgIpc) is 2.91. The molecule has 4 rings (SSSR count). The van der Waals surface area contributed by atoms with Crippen molar-refractivity contribution < 1.29 is 24.6 Å². The van der Waals surface area contributed by atoms with Crippen LogP contribution in [0.5, 0.6) is 0 Å². The molecule has 0 fully saturated rings. The monoisotopic (exact) mass is 495 g/mol. The largest absolute Gasteiger partial charge is 0.481 e. The van der Waals surface area contributed by atoms with Crippen LogP contribution < -0.4 is 16.6 Å². The highest BCUT2D eigenvalue weighted by molar-refractivity contribution is 6.06. The fourth-order valence-electron chi connectivity index (χ4n) is 3.58. The van der Waals surface area contributed by atoms with Crippen LogP contribution in [0, 0.1) is 11.8 Å². The van der Waals surface area contributed by atoms with Gasteiger partial charge in [-0.3, -0.25) is 20.0 Å². The lowest BCUT2D eigenvalue weighted by Crippen LogP contribution is -2.31. The summed E-state index contributed by atoms with van der Waals surface area (Å²) in [5.74, 6) is 8.54. The Balaban J connectivity index is 1.51. The first-order valence-electron chi connectivity index (χ1n) is 11.0. The van der Waals surface area contributed by atoms with E-state index in [1.807, 2.05) is 24.3 Å². The van der Waals surface area contributed by atoms with Crippen molar-refractivity contribution in [1.82, 2.24) is 15.4 Å². The molecule has 1 unspecified atom stereocenters. The zero-order valence-corrected chi connectivity index (χ0v) is 19.3. The fraction of sp³-hybridized carbons (Fsp3) is 0.0741. The summed E-state index contributed by atoms with van der Waals surface area (Å²) in [5.41, 5.74) is 6.46. The number of fused-ring (bicyclic) bond motifs is 1. The highest BCUT2D eigenvalue weighted by Crippen LogP contribution is 2.24. The van der Waals surface area contributed by atoms with E-state index >= 15 is 0 Å². The zero-order valence-electron chi connectivity index (χ0n) is 19.3. The lowest BCUT2D eigenvalue weighted by molar-refractivity contribution is -0.144. The van der Waals surface area contributed by atoms with Crippen LogP contribution in [0.1, 0.15) is 27.9 Å². The van der Waals surface area contributed by atoms with Crippen molar-refractivity contribution >= 4 is 34.4 Å². The maximum absolute atomic E-state index is 12.3. The quantitative estimate of drug-likeness (QED) is 0.112. The molecular formula is C27H21N5O5. The van der Waals surface area contributed by atoms with E-state index in [9.17, 15) is 14.4 Å². The Bertz CT molecular complexity index is 1540. The van der Waals surface area contributed by atoms with Crippen LogP contribution in [0.15, 0.2) is 73.1 Å². The number of benzene rings is 2. The molecular weight excluding hydrogens is 474 g/mol. The topological polar surface area (TPSA) is 168 Å². The van der Waals surface area contributed by atoms with Crippen LogP contribution in [0.2, 0.25) is 0 Å². The van der Waals surface area contributed by atoms with E-state index in [4.69, 9.17) is 16.1 Å². The summed E-state index contributed by atoms with van der Waals surface area (Å²) in [4.78, 5) is 43.0. The summed E-state index contributed by atoms with van der Waals surface area (Å²) in [6.45, 7) is 0. The second-order valence-electron chi connectivity index (χ2n) is 7.96. The molecule has 0 aliphatic rings. The first kappa shape index (κ1) is 24.8. The smallest absolute Gasteiger partial charge is 0.326 e. The van der Waals surface area contributed by atoms with Gasteiger partial charge in [0, 0.05) is 40.2 Å². The predicted molar refractivity (Wildman–Crippen MR) is 136 cm³/mol. The molecule has 0 spiro atoms. The van der Waals surface area contributed by atoms with Gasteiger partial charge in [0.1, 0.15) is 6.04 Å². The van der Waals surface area contributed by atoms with E-state index in [0.29, 0.717) is 33.4 Å². The number of hydrogen-bond donors (Lipinski definition) is 5. The van der Waals surface area contributed by atoms with Crippen molar-refractivity contribution in [3.63, 3.8) is 0 Å². The highest BCUT2D eigenvalue weighted by Gasteiger charge is 2.20. The van der Waals surface area contributed by atoms with Gasteiger partial charge in [-0.1, -0.05) is 24.0 Å². The summed E-state index contributed by atoms with van der Waals surface area (Å²) in [6, 6.07) is 16.2. The molecule has 6 N–H and O–H groups in total. The summed E-state index contributed by atoms with van der Waals surface area (Å²) in [6.07, 6.45) is 2.63. The number of nitrogen functional groups attached to an aromatic ring is 1. The minimum Gasteiger partial charge on any atom is -0.481 e. The number of nitrogens with zero attached hydrogens (tertiary/aromatic N) is 2. The van der Waals surface area contributed by atoms with Crippen molar-refractivity contribution in [2.24, 2.45) is 5.84 Å². The van der Waals surface area contributed by atoms with Crippen molar-refractivity contribution in [3.8, 4) is 23.1 Å². The standard InChI is InChI=1S/C27H21N5O5/c28-32-26(35)20-13-23(31-22-11-12-29-15-21(20)22)18-7-3-16(4-8-18)1-2-17-5-9-19(10-6-17)30-24(27(36)37)14-25(33)34/h3-13,15,24,30H,14,28H2,(H,32,35)(H,33,34)(H,36,37). The molecule has 1 amide bonds. The van der Waals surface area contributed by atoms with Gasteiger partial charge in [-0.05, 0) is 48.5 Å². The van der Waals surface area contributed by atoms with Crippen molar-refractivity contribution in [1.29, 1.82) is 0 Å². The number of rotatable bonds is 7. The number of carbonyl (C=O) groups is 3. The van der Waals surface area contributed by atoms with Gasteiger partial charge >= 0.3 is 11.9 Å². The number of anilines is 1. The molecule has 10 nitrogen and oxygen atoms in total. The van der Waals surface area contributed by atoms with E-state index < -0.39 is 30.3 Å². The summed E-state index contributed by atoms with van der Waals surface area (Å²) in [7, 11) is 0. The Hall–Kier alpha value is -5.27. The number of carbonyl (C=O) groups excluding carboxylic acids is 1. The van der Waals surface area contributed by atoms with Gasteiger partial charge in [0.25, 0.3) is 5.91 Å². The van der Waals surface area contributed by atoms with Gasteiger partial charge in [-0.2, -0.15) is 0 Å². The molecule has 0 saturated carbocycles. The number of amides is 1. The third-order valence-electron chi connectivity index (χ3n) is 5.42. The summed E-state index contributed by atoms with van der Waals surface area (Å²) >= 11 is 0. The SMILES string of the molecule is NNC(=O)c1cc(-c2ccc(C#Cc3ccc(NC(CC(=O)O)C(=O)O)cc3)cc2)nc2ccncc12. The second-order valence-corrected chi connectivity index (χ2v) is 7.96. The Labute approximate surface area is 211 Å². The van der Waals surface area contributed by atoms with Crippen LogP contribution in [0.25, 0.3) is 22.2 Å². The first-order chi connectivity index (χ1) is 17.8. The average molecular weight is 495 g/mol. The van der Waals surface area contributed by atoms with Crippen LogP contribution in [0.4, 0.5) is 5.69 Å². The number of hydrogen-bond acceptors (Lipinski definition) is 7. The lowest BCUT2D eigenvalue weighted by Gasteiger charge is -2.13. The minimum absolute atomic E-state index is 0.370. The molecule has 0 aliphatic carbocycles. The number of carboxylic acids is 2. The Morgan fingerprint density at radius 2 is 1.59 bits per heavy atom. The molecule has 0 radical (unpaired) electrons. The highest BCUT2D eigenvalue weighted by atomic mass is 16.4. The maximum Gasteiger partial charge on any atom is 0.326 e. The summed E-state index contributed by atoms with van der Waals surface area (Å²) in [5, 5.41) is 21.3. The molecule has 4 aromatic rings. The third kappa shape index (κ3) is 6.05. The number of pyridine rings is 2. The van der Waals surface area contributed by atoms with Crippen LogP contribution in [0.3, 0.4) is 0 Å².